The molecule has 3 heterocycles. The maximum absolute atomic E-state index is 5.26. The standard InChI is InChI=1S/C27H33N7O/c1-32(17-18-35-2)25-6-4-3-5-22(25)20-34-14-11-21-19-29-27(31-26(21)34)30-23-7-9-24(10-8-23)33-15-12-28-13-16-33/h3-11,14,19,28H,12-13,15-18,20H2,1-2H3,(H,29,30,31). The van der Waals surface area contributed by atoms with Crippen molar-refractivity contribution in [3.63, 3.8) is 0 Å². The van der Waals surface area contributed by atoms with E-state index in [1.165, 1.54) is 16.9 Å². The van der Waals surface area contributed by atoms with E-state index in [4.69, 9.17) is 9.72 Å². The Bertz CT molecular complexity index is 1250. The largest absolute Gasteiger partial charge is 0.383 e. The summed E-state index contributed by atoms with van der Waals surface area (Å²) in [7, 11) is 3.83. The Kier molecular flexibility index (Phi) is 7.11. The molecule has 0 aliphatic carbocycles. The van der Waals surface area contributed by atoms with E-state index in [-0.39, 0.29) is 0 Å². The molecule has 1 aliphatic rings. The SMILES string of the molecule is COCCN(C)c1ccccc1Cn1ccc2cnc(Nc3ccc(N4CCNCC4)cc3)nc21. The zero-order chi connectivity index (χ0) is 24.0. The van der Waals surface area contributed by atoms with Crippen LogP contribution in [0.1, 0.15) is 5.56 Å². The van der Waals surface area contributed by atoms with Crippen molar-refractivity contribution in [3.05, 3.63) is 72.6 Å². The lowest BCUT2D eigenvalue weighted by atomic mass is 10.1. The van der Waals surface area contributed by atoms with Crippen molar-refractivity contribution in [2.24, 2.45) is 0 Å². The molecule has 0 saturated carbocycles. The number of piperazine rings is 1. The van der Waals surface area contributed by atoms with Crippen LogP contribution in [0.15, 0.2) is 67.0 Å². The zero-order valence-corrected chi connectivity index (χ0v) is 20.4. The Hall–Kier alpha value is -3.62. The van der Waals surface area contributed by atoms with Gasteiger partial charge in [-0.2, -0.15) is 4.98 Å². The average molecular weight is 472 g/mol. The summed E-state index contributed by atoms with van der Waals surface area (Å²) in [6.45, 7) is 6.39. The number of ether oxygens (including phenoxy) is 1. The van der Waals surface area contributed by atoms with Crippen LogP contribution in [0, 0.1) is 0 Å². The molecule has 2 N–H and O–H groups in total. The van der Waals surface area contributed by atoms with Crippen LogP contribution < -0.4 is 20.4 Å². The van der Waals surface area contributed by atoms with Crippen LogP contribution in [0.5, 0.6) is 0 Å². The molecule has 2 aromatic carbocycles. The summed E-state index contributed by atoms with van der Waals surface area (Å²) in [5.74, 6) is 0.595. The van der Waals surface area contributed by atoms with E-state index < -0.39 is 0 Å². The second kappa shape index (κ2) is 10.8. The minimum Gasteiger partial charge on any atom is -0.383 e. The van der Waals surface area contributed by atoms with Gasteiger partial charge in [0.2, 0.25) is 5.95 Å². The molecular formula is C27H33N7O. The quantitative estimate of drug-likeness (QED) is 0.386. The first kappa shape index (κ1) is 23.1. The Labute approximate surface area is 206 Å². The van der Waals surface area contributed by atoms with Crippen molar-refractivity contribution < 1.29 is 4.74 Å². The highest BCUT2D eigenvalue weighted by Gasteiger charge is 2.12. The third kappa shape index (κ3) is 5.39. The molecule has 8 nitrogen and oxygen atoms in total. The molecule has 1 fully saturated rings. The molecule has 182 valence electrons. The monoisotopic (exact) mass is 471 g/mol. The van der Waals surface area contributed by atoms with Gasteiger partial charge < -0.3 is 29.7 Å². The van der Waals surface area contributed by atoms with Crippen LogP contribution in [-0.2, 0) is 11.3 Å². The molecule has 4 aromatic rings. The molecule has 35 heavy (non-hydrogen) atoms. The van der Waals surface area contributed by atoms with Gasteiger partial charge in [0.15, 0.2) is 0 Å². The van der Waals surface area contributed by atoms with Gasteiger partial charge in [-0.25, -0.2) is 4.98 Å². The lowest BCUT2D eigenvalue weighted by Gasteiger charge is -2.29. The van der Waals surface area contributed by atoms with Gasteiger partial charge in [0.05, 0.1) is 13.2 Å². The lowest BCUT2D eigenvalue weighted by molar-refractivity contribution is 0.206. The third-order valence-corrected chi connectivity index (χ3v) is 6.48. The molecule has 0 radical (unpaired) electrons. The van der Waals surface area contributed by atoms with Crippen molar-refractivity contribution in [3.8, 4) is 0 Å². The second-order valence-corrected chi connectivity index (χ2v) is 8.87. The number of rotatable bonds is 9. The summed E-state index contributed by atoms with van der Waals surface area (Å²) < 4.78 is 7.44. The smallest absolute Gasteiger partial charge is 0.229 e. The fourth-order valence-electron chi connectivity index (χ4n) is 4.52. The second-order valence-electron chi connectivity index (χ2n) is 8.87. The minimum atomic E-state index is 0.595. The van der Waals surface area contributed by atoms with Gasteiger partial charge in [0, 0.05) is 81.7 Å². The molecule has 1 saturated heterocycles. The fraction of sp³-hybridized carbons (Fsp3) is 0.333. The number of likely N-dealkylation sites (N-methyl/N-ethyl adjacent to an activating group) is 1. The number of benzene rings is 2. The van der Waals surface area contributed by atoms with Gasteiger partial charge in [0.25, 0.3) is 0 Å². The van der Waals surface area contributed by atoms with Crippen LogP contribution in [0.25, 0.3) is 11.0 Å². The highest BCUT2D eigenvalue weighted by Crippen LogP contribution is 2.24. The number of fused-ring (bicyclic) bond motifs is 1. The minimum absolute atomic E-state index is 0.595. The predicted molar refractivity (Wildman–Crippen MR) is 143 cm³/mol. The van der Waals surface area contributed by atoms with Gasteiger partial charge >= 0.3 is 0 Å². The van der Waals surface area contributed by atoms with Crippen molar-refractivity contribution >= 4 is 34.0 Å². The number of nitrogens with one attached hydrogen (secondary N) is 2. The Morgan fingerprint density at radius 3 is 2.66 bits per heavy atom. The summed E-state index contributed by atoms with van der Waals surface area (Å²) in [5, 5.41) is 7.79. The molecule has 8 heteroatoms. The van der Waals surface area contributed by atoms with E-state index in [0.29, 0.717) is 12.6 Å². The summed E-state index contributed by atoms with van der Waals surface area (Å²) >= 11 is 0. The number of nitrogens with zero attached hydrogens (tertiary/aromatic N) is 5. The molecule has 2 aromatic heterocycles. The van der Waals surface area contributed by atoms with Gasteiger partial charge in [-0.15, -0.1) is 0 Å². The van der Waals surface area contributed by atoms with Crippen molar-refractivity contribution in [1.82, 2.24) is 19.9 Å². The van der Waals surface area contributed by atoms with Gasteiger partial charge in [0.1, 0.15) is 5.65 Å². The summed E-state index contributed by atoms with van der Waals surface area (Å²) in [4.78, 5) is 14.0. The van der Waals surface area contributed by atoms with Crippen molar-refractivity contribution in [1.29, 1.82) is 0 Å². The molecule has 0 bridgehead atoms. The van der Waals surface area contributed by atoms with Crippen LogP contribution in [0.2, 0.25) is 0 Å². The van der Waals surface area contributed by atoms with Crippen LogP contribution in [0.3, 0.4) is 0 Å². The number of aromatic nitrogens is 3. The summed E-state index contributed by atoms with van der Waals surface area (Å²) in [6.07, 6.45) is 3.96. The van der Waals surface area contributed by atoms with E-state index in [1.54, 1.807) is 7.11 Å². The first-order valence-corrected chi connectivity index (χ1v) is 12.1. The summed E-state index contributed by atoms with van der Waals surface area (Å²) in [5.41, 5.74) is 5.57. The van der Waals surface area contributed by atoms with Gasteiger partial charge in [-0.3, -0.25) is 0 Å². The van der Waals surface area contributed by atoms with E-state index >= 15 is 0 Å². The molecule has 0 unspecified atom stereocenters. The molecule has 5 rings (SSSR count). The Balaban J connectivity index is 1.33. The maximum Gasteiger partial charge on any atom is 0.229 e. The highest BCUT2D eigenvalue weighted by molar-refractivity contribution is 5.77. The molecule has 0 amide bonds. The predicted octanol–water partition coefficient (Wildman–Crippen LogP) is 3.72. The Morgan fingerprint density at radius 2 is 1.86 bits per heavy atom. The summed E-state index contributed by atoms with van der Waals surface area (Å²) in [6, 6.07) is 19.1. The number of methoxy groups -OCH3 is 1. The number of para-hydroxylation sites is 1. The topological polar surface area (TPSA) is 70.5 Å². The average Bonchev–Trinajstić information content (AvgIpc) is 3.30. The van der Waals surface area contributed by atoms with Crippen molar-refractivity contribution in [2.75, 3.05) is 68.6 Å². The lowest BCUT2D eigenvalue weighted by Crippen LogP contribution is -2.43. The maximum atomic E-state index is 5.26. The molecule has 1 aliphatic heterocycles. The number of hydrogen-bond donors (Lipinski definition) is 2. The molecule has 0 atom stereocenters. The van der Waals surface area contributed by atoms with Crippen LogP contribution >= 0.6 is 0 Å². The van der Waals surface area contributed by atoms with E-state index in [9.17, 15) is 0 Å². The number of anilines is 4. The zero-order valence-electron chi connectivity index (χ0n) is 20.4. The molecular weight excluding hydrogens is 438 g/mol. The van der Waals surface area contributed by atoms with E-state index in [0.717, 1.165) is 56.0 Å². The van der Waals surface area contributed by atoms with Crippen LogP contribution in [0.4, 0.5) is 23.0 Å². The third-order valence-electron chi connectivity index (χ3n) is 6.48. The Morgan fingerprint density at radius 1 is 1.06 bits per heavy atom. The van der Waals surface area contributed by atoms with Gasteiger partial charge in [-0.1, -0.05) is 18.2 Å². The first-order chi connectivity index (χ1) is 17.2. The van der Waals surface area contributed by atoms with Crippen molar-refractivity contribution in [2.45, 2.75) is 6.54 Å². The van der Waals surface area contributed by atoms with Crippen LogP contribution in [-0.4, -0.2) is 68.0 Å². The van der Waals surface area contributed by atoms with E-state index in [2.05, 4.69) is 97.8 Å². The fourth-order valence-corrected chi connectivity index (χ4v) is 4.52. The van der Waals surface area contributed by atoms with Gasteiger partial charge in [-0.05, 0) is 42.0 Å². The van der Waals surface area contributed by atoms with E-state index in [1.807, 2.05) is 6.20 Å². The number of hydrogen-bond acceptors (Lipinski definition) is 7. The first-order valence-electron chi connectivity index (χ1n) is 12.1. The highest BCUT2D eigenvalue weighted by atomic mass is 16.5. The normalized spacial score (nSPS) is 13.8. The molecule has 0 spiro atoms.